The van der Waals surface area contributed by atoms with Gasteiger partial charge in [-0.1, -0.05) is 59.0 Å². The molecular weight excluding hydrogens is 148 g/mol. The first kappa shape index (κ1) is 11.2. The first-order valence-electron chi connectivity index (χ1n) is 4.77. The fraction of sp³-hybridized carbons (Fsp3) is 1.00. The fourth-order valence-electron chi connectivity index (χ4n) is 0.890. The van der Waals surface area contributed by atoms with Crippen molar-refractivity contribution < 1.29 is 0 Å². The number of hydrogen-bond donors (Lipinski definition) is 0. The van der Waals surface area contributed by atoms with Crippen molar-refractivity contribution in [3.8, 4) is 0 Å². The maximum atomic E-state index is 2.33. The second-order valence-corrected chi connectivity index (χ2v) is 5.91. The van der Waals surface area contributed by atoms with E-state index < -0.39 is 0 Å². The van der Waals surface area contributed by atoms with Gasteiger partial charge < -0.3 is 0 Å². The molecule has 0 aliphatic carbocycles. The molecule has 0 amide bonds. The molecule has 0 aliphatic heterocycles. The molecule has 0 aromatic carbocycles. The molecule has 0 unspecified atom stereocenters. The van der Waals surface area contributed by atoms with E-state index >= 15 is 0 Å². The van der Waals surface area contributed by atoms with E-state index in [0.717, 1.165) is 0 Å². The van der Waals surface area contributed by atoms with Crippen molar-refractivity contribution in [3.05, 3.63) is 0 Å². The summed E-state index contributed by atoms with van der Waals surface area (Å²) < 4.78 is 0. The highest BCUT2D eigenvalue weighted by atomic mass is 28.2. The Hall–Kier alpha value is 0.217. The molecule has 2 radical (unpaired) electrons. The third kappa shape index (κ3) is 10.2. The Bertz CT molecular complexity index is 81.4. The van der Waals surface area contributed by atoms with Gasteiger partial charge in [0.25, 0.3) is 0 Å². The summed E-state index contributed by atoms with van der Waals surface area (Å²) in [4.78, 5) is 0. The van der Waals surface area contributed by atoms with Crippen LogP contribution in [0, 0.1) is 5.41 Å². The van der Waals surface area contributed by atoms with Crippen molar-refractivity contribution in [2.24, 2.45) is 5.41 Å². The molecule has 0 aliphatic rings. The lowest BCUT2D eigenvalue weighted by Crippen LogP contribution is -2.05. The molecule has 1 heteroatoms. The van der Waals surface area contributed by atoms with Crippen LogP contribution in [-0.4, -0.2) is 9.52 Å². The molecule has 0 nitrogen and oxygen atoms in total. The number of hydrogen-bond acceptors (Lipinski definition) is 0. The largest absolute Gasteiger partial charge is 0.0654 e. The summed E-state index contributed by atoms with van der Waals surface area (Å²) in [7, 11) is 1.21. The molecule has 0 fully saturated rings. The molecule has 11 heavy (non-hydrogen) atoms. The van der Waals surface area contributed by atoms with Crippen LogP contribution in [0.25, 0.3) is 0 Å². The molecule has 0 bridgehead atoms. The molecule has 0 saturated carbocycles. The van der Waals surface area contributed by atoms with Crippen LogP contribution in [-0.2, 0) is 0 Å². The van der Waals surface area contributed by atoms with Gasteiger partial charge >= 0.3 is 0 Å². The number of rotatable bonds is 5. The number of unbranched alkanes of at least 4 members (excludes halogenated alkanes) is 1. The third-order valence-corrected chi connectivity index (χ3v) is 3.07. The lowest BCUT2D eigenvalue weighted by atomic mass is 9.94. The van der Waals surface area contributed by atoms with Gasteiger partial charge in [-0.15, -0.1) is 0 Å². The predicted octanol–water partition coefficient (Wildman–Crippen LogP) is 3.76. The van der Waals surface area contributed by atoms with Crippen LogP contribution in [0.1, 0.15) is 47.0 Å². The SMILES string of the molecule is CCCC[Si]CCC(C)(C)C. The topological polar surface area (TPSA) is 0 Å². The van der Waals surface area contributed by atoms with Crippen LogP contribution in [0.4, 0.5) is 0 Å². The van der Waals surface area contributed by atoms with Gasteiger partial charge in [0, 0.05) is 9.52 Å². The summed E-state index contributed by atoms with van der Waals surface area (Å²) in [5, 5.41) is 0. The second-order valence-electron chi connectivity index (χ2n) is 4.41. The van der Waals surface area contributed by atoms with E-state index in [1.807, 2.05) is 0 Å². The minimum atomic E-state index is 0.555. The van der Waals surface area contributed by atoms with Crippen LogP contribution < -0.4 is 0 Å². The van der Waals surface area contributed by atoms with Gasteiger partial charge in [-0.25, -0.2) is 0 Å². The van der Waals surface area contributed by atoms with Gasteiger partial charge in [0.15, 0.2) is 0 Å². The van der Waals surface area contributed by atoms with Crippen LogP contribution in [0.5, 0.6) is 0 Å². The summed E-state index contributed by atoms with van der Waals surface area (Å²) in [5.74, 6) is 0. The maximum absolute atomic E-state index is 2.33. The Kier molecular flexibility index (Phi) is 5.93. The van der Waals surface area contributed by atoms with Crippen molar-refractivity contribution in [2.45, 2.75) is 59.0 Å². The van der Waals surface area contributed by atoms with Crippen molar-refractivity contribution in [2.75, 3.05) is 0 Å². The van der Waals surface area contributed by atoms with Gasteiger partial charge in [0.2, 0.25) is 0 Å². The first-order valence-corrected chi connectivity index (χ1v) is 6.18. The fourth-order valence-corrected chi connectivity index (χ4v) is 2.67. The molecule has 0 aromatic rings. The molecule has 0 saturated heterocycles. The average Bonchev–Trinajstić information content (AvgIpc) is 1.85. The standard InChI is InChI=1S/C10H22Si/c1-5-6-8-11-9-7-10(2,3)4/h5-9H2,1-4H3. The molecule has 0 aromatic heterocycles. The van der Waals surface area contributed by atoms with Crippen LogP contribution >= 0.6 is 0 Å². The minimum absolute atomic E-state index is 0.555. The lowest BCUT2D eigenvalue weighted by Gasteiger charge is -2.16. The Morgan fingerprint density at radius 3 is 2.18 bits per heavy atom. The second kappa shape index (κ2) is 5.82. The van der Waals surface area contributed by atoms with E-state index in [9.17, 15) is 0 Å². The smallest absolute Gasteiger partial charge is 0.0378 e. The summed E-state index contributed by atoms with van der Waals surface area (Å²) in [6, 6.07) is 2.91. The van der Waals surface area contributed by atoms with E-state index in [2.05, 4.69) is 27.7 Å². The summed E-state index contributed by atoms with van der Waals surface area (Å²) in [6.45, 7) is 9.26. The molecular formula is C10H22Si. The molecule has 0 heterocycles. The van der Waals surface area contributed by atoms with E-state index in [4.69, 9.17) is 0 Å². The third-order valence-electron chi connectivity index (χ3n) is 1.76. The highest BCUT2D eigenvalue weighted by molar-refractivity contribution is 6.35. The monoisotopic (exact) mass is 170 g/mol. The molecule has 66 valence electrons. The average molecular weight is 170 g/mol. The summed E-state index contributed by atoms with van der Waals surface area (Å²) >= 11 is 0. The van der Waals surface area contributed by atoms with Crippen LogP contribution in [0.15, 0.2) is 0 Å². The Balaban J connectivity index is 3.02. The van der Waals surface area contributed by atoms with Gasteiger partial charge in [-0.2, -0.15) is 0 Å². The zero-order valence-corrected chi connectivity index (χ0v) is 9.54. The van der Waals surface area contributed by atoms with Crippen molar-refractivity contribution >= 4 is 9.52 Å². The predicted molar refractivity (Wildman–Crippen MR) is 54.3 cm³/mol. The van der Waals surface area contributed by atoms with E-state index in [1.165, 1.54) is 40.9 Å². The van der Waals surface area contributed by atoms with Gasteiger partial charge in [-0.05, 0) is 5.41 Å². The van der Waals surface area contributed by atoms with Crippen molar-refractivity contribution in [1.82, 2.24) is 0 Å². The molecule has 0 rings (SSSR count). The van der Waals surface area contributed by atoms with Crippen molar-refractivity contribution in [3.63, 3.8) is 0 Å². The lowest BCUT2D eigenvalue weighted by molar-refractivity contribution is 0.397. The van der Waals surface area contributed by atoms with Gasteiger partial charge in [0.05, 0.1) is 0 Å². The zero-order chi connectivity index (χ0) is 8.74. The molecule has 0 N–H and O–H groups in total. The van der Waals surface area contributed by atoms with Crippen molar-refractivity contribution in [1.29, 1.82) is 0 Å². The Labute approximate surface area is 74.6 Å². The van der Waals surface area contributed by atoms with E-state index in [1.54, 1.807) is 0 Å². The van der Waals surface area contributed by atoms with Crippen LogP contribution in [0.3, 0.4) is 0 Å². The Morgan fingerprint density at radius 1 is 1.09 bits per heavy atom. The van der Waals surface area contributed by atoms with E-state index in [-0.39, 0.29) is 0 Å². The first-order chi connectivity index (χ1) is 5.06. The summed E-state index contributed by atoms with van der Waals surface area (Å²) in [5.41, 5.74) is 0.555. The molecule has 0 atom stereocenters. The highest BCUT2D eigenvalue weighted by Gasteiger charge is 2.08. The van der Waals surface area contributed by atoms with E-state index in [0.29, 0.717) is 5.41 Å². The minimum Gasteiger partial charge on any atom is -0.0654 e. The Morgan fingerprint density at radius 2 is 1.73 bits per heavy atom. The molecule has 0 spiro atoms. The normalized spacial score (nSPS) is 12.0. The van der Waals surface area contributed by atoms with Gasteiger partial charge in [0.1, 0.15) is 0 Å². The summed E-state index contributed by atoms with van der Waals surface area (Å²) in [6.07, 6.45) is 4.19. The quantitative estimate of drug-likeness (QED) is 0.435. The van der Waals surface area contributed by atoms with Gasteiger partial charge in [-0.3, -0.25) is 0 Å². The maximum Gasteiger partial charge on any atom is 0.0378 e. The zero-order valence-electron chi connectivity index (χ0n) is 8.54. The van der Waals surface area contributed by atoms with Crippen LogP contribution in [0.2, 0.25) is 12.1 Å². The highest BCUT2D eigenvalue weighted by Crippen LogP contribution is 2.20.